The van der Waals surface area contributed by atoms with E-state index >= 15 is 0 Å². The normalized spacial score (nSPS) is 10.4. The number of carbonyl (C=O) groups is 1. The highest BCUT2D eigenvalue weighted by Gasteiger charge is 2.07. The molecule has 0 saturated heterocycles. The van der Waals surface area contributed by atoms with E-state index in [2.05, 4.69) is 20.4 Å². The molecule has 0 spiro atoms. The van der Waals surface area contributed by atoms with Gasteiger partial charge in [0.05, 0.1) is 6.20 Å². The van der Waals surface area contributed by atoms with Crippen LogP contribution in [0.5, 0.6) is 0 Å². The van der Waals surface area contributed by atoms with Gasteiger partial charge in [0.1, 0.15) is 5.69 Å². The molecule has 0 fully saturated rings. The third kappa shape index (κ3) is 3.17. The summed E-state index contributed by atoms with van der Waals surface area (Å²) in [6, 6.07) is 7.23. The highest BCUT2D eigenvalue weighted by atomic mass is 16.1. The van der Waals surface area contributed by atoms with Gasteiger partial charge in [-0.1, -0.05) is 6.07 Å². The molecule has 6 heteroatoms. The van der Waals surface area contributed by atoms with Gasteiger partial charge in [-0.3, -0.25) is 19.4 Å². The SMILES string of the molecule is Cn1cc(-c2cncc(CNC(=O)c3ccccn3)c2)cn1. The fourth-order valence-electron chi connectivity index (χ4n) is 2.08. The molecule has 3 aromatic heterocycles. The van der Waals surface area contributed by atoms with Crippen LogP contribution in [-0.4, -0.2) is 25.7 Å². The van der Waals surface area contributed by atoms with Crippen LogP contribution in [0.1, 0.15) is 16.1 Å². The molecule has 0 aromatic carbocycles. The minimum Gasteiger partial charge on any atom is -0.347 e. The molecule has 22 heavy (non-hydrogen) atoms. The summed E-state index contributed by atoms with van der Waals surface area (Å²) in [6.45, 7) is 0.399. The average molecular weight is 293 g/mol. The van der Waals surface area contributed by atoms with Gasteiger partial charge in [0.15, 0.2) is 0 Å². The quantitative estimate of drug-likeness (QED) is 0.796. The number of pyridine rings is 2. The number of nitrogens with zero attached hydrogens (tertiary/aromatic N) is 4. The predicted octanol–water partition coefficient (Wildman–Crippen LogP) is 1.81. The Kier molecular flexibility index (Phi) is 3.91. The van der Waals surface area contributed by atoms with Crippen molar-refractivity contribution in [1.82, 2.24) is 25.1 Å². The van der Waals surface area contributed by atoms with Gasteiger partial charge >= 0.3 is 0 Å². The summed E-state index contributed by atoms with van der Waals surface area (Å²) in [5.41, 5.74) is 3.29. The highest BCUT2D eigenvalue weighted by Crippen LogP contribution is 2.18. The zero-order chi connectivity index (χ0) is 15.4. The Morgan fingerprint density at radius 2 is 2.14 bits per heavy atom. The van der Waals surface area contributed by atoms with Crippen molar-refractivity contribution in [3.8, 4) is 11.1 Å². The lowest BCUT2D eigenvalue weighted by Crippen LogP contribution is -2.23. The Labute approximate surface area is 127 Å². The summed E-state index contributed by atoms with van der Waals surface area (Å²) in [7, 11) is 1.87. The molecule has 1 N–H and O–H groups in total. The summed E-state index contributed by atoms with van der Waals surface area (Å²) in [6.07, 6.45) is 8.82. The second kappa shape index (κ2) is 6.17. The fraction of sp³-hybridized carbons (Fsp3) is 0.125. The number of aryl methyl sites for hydroxylation is 1. The van der Waals surface area contributed by atoms with E-state index in [0.717, 1.165) is 16.7 Å². The molecule has 0 bridgehead atoms. The molecule has 0 aliphatic heterocycles. The molecule has 0 unspecified atom stereocenters. The summed E-state index contributed by atoms with van der Waals surface area (Å²) in [4.78, 5) is 20.2. The van der Waals surface area contributed by atoms with E-state index < -0.39 is 0 Å². The Bertz CT molecular complexity index is 782. The standard InChI is InChI=1S/C16H15N5O/c1-21-11-14(10-20-21)13-6-12(7-17-9-13)8-19-16(22)15-4-2-3-5-18-15/h2-7,9-11H,8H2,1H3,(H,19,22). The monoisotopic (exact) mass is 293 g/mol. The molecule has 3 aromatic rings. The number of aromatic nitrogens is 4. The van der Waals surface area contributed by atoms with Gasteiger partial charge in [0.25, 0.3) is 5.91 Å². The van der Waals surface area contributed by atoms with Crippen molar-refractivity contribution >= 4 is 5.91 Å². The van der Waals surface area contributed by atoms with Crippen LogP contribution in [0.4, 0.5) is 0 Å². The highest BCUT2D eigenvalue weighted by molar-refractivity contribution is 5.92. The Morgan fingerprint density at radius 1 is 1.23 bits per heavy atom. The van der Waals surface area contributed by atoms with Gasteiger partial charge in [0, 0.05) is 49.5 Å². The van der Waals surface area contributed by atoms with Crippen LogP contribution in [0, 0.1) is 0 Å². The Balaban J connectivity index is 1.70. The van der Waals surface area contributed by atoms with Crippen molar-refractivity contribution in [3.63, 3.8) is 0 Å². The van der Waals surface area contributed by atoms with Crippen molar-refractivity contribution < 1.29 is 4.79 Å². The van der Waals surface area contributed by atoms with Crippen LogP contribution < -0.4 is 5.32 Å². The van der Waals surface area contributed by atoms with Crippen molar-refractivity contribution in [2.75, 3.05) is 0 Å². The van der Waals surface area contributed by atoms with Crippen molar-refractivity contribution in [3.05, 3.63) is 66.5 Å². The van der Waals surface area contributed by atoms with Gasteiger partial charge in [-0.15, -0.1) is 0 Å². The third-order valence-corrected chi connectivity index (χ3v) is 3.18. The molecule has 6 nitrogen and oxygen atoms in total. The van der Waals surface area contributed by atoms with E-state index in [4.69, 9.17) is 0 Å². The summed E-state index contributed by atoms with van der Waals surface area (Å²) in [5, 5.41) is 6.98. The van der Waals surface area contributed by atoms with Gasteiger partial charge < -0.3 is 5.32 Å². The zero-order valence-corrected chi connectivity index (χ0v) is 12.1. The Morgan fingerprint density at radius 3 is 2.86 bits per heavy atom. The molecule has 0 atom stereocenters. The van der Waals surface area contributed by atoms with Gasteiger partial charge in [0.2, 0.25) is 0 Å². The van der Waals surface area contributed by atoms with Crippen LogP contribution in [0.2, 0.25) is 0 Å². The molecule has 1 amide bonds. The van der Waals surface area contributed by atoms with Gasteiger partial charge in [-0.2, -0.15) is 5.10 Å². The lowest BCUT2D eigenvalue weighted by molar-refractivity contribution is 0.0946. The predicted molar refractivity (Wildman–Crippen MR) is 81.8 cm³/mol. The molecule has 110 valence electrons. The maximum Gasteiger partial charge on any atom is 0.270 e. The van der Waals surface area contributed by atoms with Crippen molar-refractivity contribution in [1.29, 1.82) is 0 Å². The number of nitrogens with one attached hydrogen (secondary N) is 1. The smallest absolute Gasteiger partial charge is 0.270 e. The lowest BCUT2D eigenvalue weighted by Gasteiger charge is -2.06. The lowest BCUT2D eigenvalue weighted by atomic mass is 10.1. The van der Waals surface area contributed by atoms with Crippen LogP contribution in [-0.2, 0) is 13.6 Å². The molecule has 0 aliphatic carbocycles. The van der Waals surface area contributed by atoms with Gasteiger partial charge in [-0.25, -0.2) is 0 Å². The largest absolute Gasteiger partial charge is 0.347 e. The molecule has 3 rings (SSSR count). The van der Waals surface area contributed by atoms with Crippen LogP contribution in [0.25, 0.3) is 11.1 Å². The number of hydrogen-bond donors (Lipinski definition) is 1. The maximum atomic E-state index is 12.0. The number of amides is 1. The van der Waals surface area contributed by atoms with Crippen LogP contribution >= 0.6 is 0 Å². The van der Waals surface area contributed by atoms with Crippen molar-refractivity contribution in [2.24, 2.45) is 7.05 Å². The molecule has 0 aliphatic rings. The van der Waals surface area contributed by atoms with E-state index in [9.17, 15) is 4.79 Å². The van der Waals surface area contributed by atoms with E-state index in [1.54, 1.807) is 47.7 Å². The zero-order valence-electron chi connectivity index (χ0n) is 12.1. The first kappa shape index (κ1) is 13.9. The number of hydrogen-bond acceptors (Lipinski definition) is 4. The second-order valence-electron chi connectivity index (χ2n) is 4.88. The molecule has 0 radical (unpaired) electrons. The average Bonchev–Trinajstić information content (AvgIpc) is 3.00. The van der Waals surface area contributed by atoms with E-state index in [0.29, 0.717) is 12.2 Å². The topological polar surface area (TPSA) is 72.7 Å². The summed E-state index contributed by atoms with van der Waals surface area (Å²) in [5.74, 6) is -0.201. The first-order valence-electron chi connectivity index (χ1n) is 6.84. The number of carbonyl (C=O) groups excluding carboxylic acids is 1. The third-order valence-electron chi connectivity index (χ3n) is 3.18. The molecule has 0 saturated carbocycles. The number of rotatable bonds is 4. The molecule has 3 heterocycles. The summed E-state index contributed by atoms with van der Waals surface area (Å²) >= 11 is 0. The van der Waals surface area contributed by atoms with E-state index in [-0.39, 0.29) is 5.91 Å². The molecular weight excluding hydrogens is 278 g/mol. The van der Waals surface area contributed by atoms with Crippen LogP contribution in [0.3, 0.4) is 0 Å². The van der Waals surface area contributed by atoms with Crippen LogP contribution in [0.15, 0.2) is 55.2 Å². The molecular formula is C16H15N5O. The minimum absolute atomic E-state index is 0.201. The second-order valence-corrected chi connectivity index (χ2v) is 4.88. The Hall–Kier alpha value is -3.02. The van der Waals surface area contributed by atoms with E-state index in [1.807, 2.05) is 19.3 Å². The van der Waals surface area contributed by atoms with Gasteiger partial charge in [-0.05, 0) is 23.8 Å². The first-order valence-corrected chi connectivity index (χ1v) is 6.84. The fourth-order valence-corrected chi connectivity index (χ4v) is 2.08. The van der Waals surface area contributed by atoms with E-state index in [1.165, 1.54) is 0 Å². The minimum atomic E-state index is -0.201. The summed E-state index contributed by atoms with van der Waals surface area (Å²) < 4.78 is 1.74. The first-order chi connectivity index (χ1) is 10.7. The maximum absolute atomic E-state index is 12.0. The van der Waals surface area contributed by atoms with Crippen molar-refractivity contribution in [2.45, 2.75) is 6.54 Å².